The molecule has 2 aliphatic rings. The maximum absolute atomic E-state index is 14.0. The number of piperidine rings is 1. The van der Waals surface area contributed by atoms with Crippen molar-refractivity contribution in [3.63, 3.8) is 0 Å². The Kier molecular flexibility index (Phi) is 4.21. The molecule has 1 atom stereocenters. The van der Waals surface area contributed by atoms with Gasteiger partial charge in [-0.25, -0.2) is 9.37 Å². The van der Waals surface area contributed by atoms with Crippen LogP contribution in [0.4, 0.5) is 16.2 Å². The number of hydrogen-bond donors (Lipinski definition) is 1. The highest BCUT2D eigenvalue weighted by Gasteiger charge is 2.32. The normalized spacial score (nSPS) is 23.2. The fourth-order valence-electron chi connectivity index (χ4n) is 3.39. The summed E-state index contributed by atoms with van der Waals surface area (Å²) in [6, 6.07) is 0. The Hall–Kier alpha value is -1.43. The molecule has 3 rings (SSSR count). The monoisotopic (exact) mass is 308 g/mol. The highest BCUT2D eigenvalue weighted by molar-refractivity contribution is 5.46. The average Bonchev–Trinajstić information content (AvgIpc) is 3.01. The van der Waals surface area contributed by atoms with Gasteiger partial charge in [-0.05, 0) is 39.5 Å². The number of rotatable bonds is 3. The summed E-state index contributed by atoms with van der Waals surface area (Å²) in [5.41, 5.74) is -0.712. The zero-order valence-electron chi connectivity index (χ0n) is 13.4. The molecule has 0 aliphatic carbocycles. The van der Waals surface area contributed by atoms with Crippen LogP contribution >= 0.6 is 0 Å². The predicted molar refractivity (Wildman–Crippen MR) is 84.7 cm³/mol. The largest absolute Gasteiger partial charge is 0.390 e. The van der Waals surface area contributed by atoms with Crippen LogP contribution in [-0.4, -0.2) is 46.9 Å². The first-order chi connectivity index (χ1) is 10.4. The van der Waals surface area contributed by atoms with Crippen LogP contribution in [0.3, 0.4) is 0 Å². The van der Waals surface area contributed by atoms with Crippen molar-refractivity contribution in [2.24, 2.45) is 5.92 Å². The van der Waals surface area contributed by atoms with Gasteiger partial charge in [0, 0.05) is 32.1 Å². The molecule has 0 amide bonds. The molecule has 0 bridgehead atoms. The third-order valence-corrected chi connectivity index (χ3v) is 4.82. The van der Waals surface area contributed by atoms with Gasteiger partial charge in [-0.2, -0.15) is 4.98 Å². The van der Waals surface area contributed by atoms with Crippen molar-refractivity contribution < 1.29 is 9.50 Å². The topological polar surface area (TPSA) is 52.5 Å². The van der Waals surface area contributed by atoms with Crippen molar-refractivity contribution in [1.82, 2.24) is 9.97 Å². The van der Waals surface area contributed by atoms with Crippen molar-refractivity contribution in [2.45, 2.75) is 45.1 Å². The van der Waals surface area contributed by atoms with Gasteiger partial charge in [0.15, 0.2) is 11.6 Å². The van der Waals surface area contributed by atoms with Crippen LogP contribution in [0, 0.1) is 11.7 Å². The molecule has 1 aromatic heterocycles. The van der Waals surface area contributed by atoms with Crippen LogP contribution in [-0.2, 0) is 0 Å². The van der Waals surface area contributed by atoms with E-state index in [9.17, 15) is 9.50 Å². The van der Waals surface area contributed by atoms with Crippen LogP contribution in [0.15, 0.2) is 6.20 Å². The summed E-state index contributed by atoms with van der Waals surface area (Å²) in [4.78, 5) is 12.7. The van der Waals surface area contributed by atoms with Crippen LogP contribution in [0.2, 0.25) is 0 Å². The molecule has 6 heteroatoms. The minimum atomic E-state index is -0.712. The SMILES string of the molecule is CC(C)(O)[C@@H]1CCCN(c2ncc(F)c(N3CCCC3)n2)C1. The Morgan fingerprint density at radius 2 is 1.86 bits per heavy atom. The zero-order valence-corrected chi connectivity index (χ0v) is 13.4. The van der Waals surface area contributed by atoms with Gasteiger partial charge in [0.05, 0.1) is 11.8 Å². The molecule has 5 nitrogen and oxygen atoms in total. The first-order valence-electron chi connectivity index (χ1n) is 8.20. The van der Waals surface area contributed by atoms with Gasteiger partial charge in [-0.3, -0.25) is 0 Å². The molecule has 1 aromatic rings. The summed E-state index contributed by atoms with van der Waals surface area (Å²) in [6.45, 7) is 7.00. The highest BCUT2D eigenvalue weighted by Crippen LogP contribution is 2.30. The fourth-order valence-corrected chi connectivity index (χ4v) is 3.39. The van der Waals surface area contributed by atoms with Crippen molar-refractivity contribution >= 4 is 11.8 Å². The van der Waals surface area contributed by atoms with Crippen LogP contribution in [0.25, 0.3) is 0 Å². The van der Waals surface area contributed by atoms with Gasteiger partial charge >= 0.3 is 0 Å². The van der Waals surface area contributed by atoms with Crippen molar-refractivity contribution in [2.75, 3.05) is 36.0 Å². The maximum atomic E-state index is 14.0. The Balaban J connectivity index is 1.80. The van der Waals surface area contributed by atoms with Gasteiger partial charge in [0.1, 0.15) is 0 Å². The molecule has 0 aromatic carbocycles. The summed E-state index contributed by atoms with van der Waals surface area (Å²) in [5, 5.41) is 10.2. The van der Waals surface area contributed by atoms with E-state index in [1.807, 2.05) is 18.7 Å². The third kappa shape index (κ3) is 3.16. The number of anilines is 2. The summed E-state index contributed by atoms with van der Waals surface area (Å²) in [6.07, 6.45) is 5.45. The molecule has 2 saturated heterocycles. The highest BCUT2D eigenvalue weighted by atomic mass is 19.1. The van der Waals surface area contributed by atoms with Crippen LogP contribution < -0.4 is 9.80 Å². The Labute approximate surface area is 131 Å². The van der Waals surface area contributed by atoms with Gasteiger partial charge in [-0.15, -0.1) is 0 Å². The van der Waals surface area contributed by atoms with E-state index in [1.54, 1.807) is 0 Å². The van der Waals surface area contributed by atoms with E-state index in [-0.39, 0.29) is 11.7 Å². The zero-order chi connectivity index (χ0) is 15.7. The molecule has 3 heterocycles. The standard InChI is InChI=1S/C16H25FN4O/c1-16(2,22)12-6-5-9-21(11-12)15-18-10-13(17)14(19-15)20-7-3-4-8-20/h10,12,22H,3-9,11H2,1-2H3/t12-/m1/s1. The van der Waals surface area contributed by atoms with Gasteiger partial charge < -0.3 is 14.9 Å². The quantitative estimate of drug-likeness (QED) is 0.928. The lowest BCUT2D eigenvalue weighted by Gasteiger charge is -2.38. The van der Waals surface area contributed by atoms with Gasteiger partial charge in [0.2, 0.25) is 5.95 Å². The summed E-state index contributed by atoms with van der Waals surface area (Å²) in [5.74, 6) is 0.844. The van der Waals surface area contributed by atoms with Crippen molar-refractivity contribution in [1.29, 1.82) is 0 Å². The molecule has 0 unspecified atom stereocenters. The summed E-state index contributed by atoms with van der Waals surface area (Å²) >= 11 is 0. The first kappa shape index (κ1) is 15.5. The second-order valence-electron chi connectivity index (χ2n) is 6.97. The lowest BCUT2D eigenvalue weighted by molar-refractivity contribution is 0.0108. The number of aliphatic hydroxyl groups is 1. The predicted octanol–water partition coefficient (Wildman–Crippen LogP) is 2.20. The van der Waals surface area contributed by atoms with E-state index < -0.39 is 5.60 Å². The maximum Gasteiger partial charge on any atom is 0.227 e. The molecular formula is C16H25FN4O. The van der Waals surface area contributed by atoms with Crippen LogP contribution in [0.5, 0.6) is 0 Å². The fraction of sp³-hybridized carbons (Fsp3) is 0.750. The lowest BCUT2D eigenvalue weighted by Crippen LogP contribution is -2.45. The van der Waals surface area contributed by atoms with E-state index in [2.05, 4.69) is 14.9 Å². The second kappa shape index (κ2) is 5.99. The molecule has 22 heavy (non-hydrogen) atoms. The molecule has 0 radical (unpaired) electrons. The van der Waals surface area contributed by atoms with Crippen LogP contribution in [0.1, 0.15) is 39.5 Å². The lowest BCUT2D eigenvalue weighted by atomic mass is 9.84. The Morgan fingerprint density at radius 1 is 1.18 bits per heavy atom. The van der Waals surface area contributed by atoms with E-state index in [0.29, 0.717) is 18.3 Å². The Morgan fingerprint density at radius 3 is 2.55 bits per heavy atom. The number of halogens is 1. The molecule has 0 spiro atoms. The molecule has 2 fully saturated rings. The number of hydrogen-bond acceptors (Lipinski definition) is 5. The minimum absolute atomic E-state index is 0.185. The van der Waals surface area contributed by atoms with E-state index in [1.165, 1.54) is 6.20 Å². The number of nitrogens with zero attached hydrogens (tertiary/aromatic N) is 4. The average molecular weight is 308 g/mol. The third-order valence-electron chi connectivity index (χ3n) is 4.82. The molecule has 2 aliphatic heterocycles. The summed E-state index contributed by atoms with van der Waals surface area (Å²) in [7, 11) is 0. The smallest absolute Gasteiger partial charge is 0.227 e. The molecule has 1 N–H and O–H groups in total. The van der Waals surface area contributed by atoms with Gasteiger partial charge in [0.25, 0.3) is 0 Å². The van der Waals surface area contributed by atoms with E-state index >= 15 is 0 Å². The first-order valence-corrected chi connectivity index (χ1v) is 8.20. The molecule has 0 saturated carbocycles. The molecular weight excluding hydrogens is 283 g/mol. The summed E-state index contributed by atoms with van der Waals surface area (Å²) < 4.78 is 14.0. The Bertz CT molecular complexity index is 525. The van der Waals surface area contributed by atoms with Crippen molar-refractivity contribution in [3.8, 4) is 0 Å². The van der Waals surface area contributed by atoms with E-state index in [0.717, 1.165) is 45.3 Å². The number of aromatic nitrogens is 2. The van der Waals surface area contributed by atoms with Crippen molar-refractivity contribution in [3.05, 3.63) is 12.0 Å². The van der Waals surface area contributed by atoms with Gasteiger partial charge in [-0.1, -0.05) is 0 Å². The second-order valence-corrected chi connectivity index (χ2v) is 6.97. The molecule has 122 valence electrons. The van der Waals surface area contributed by atoms with E-state index in [4.69, 9.17) is 0 Å². The minimum Gasteiger partial charge on any atom is -0.390 e.